The number of halogens is 3. The maximum Gasteiger partial charge on any atom is 0.418 e. The Morgan fingerprint density at radius 1 is 1.54 bits per heavy atom. The lowest BCUT2D eigenvalue weighted by Crippen LogP contribution is -2.59. The van der Waals surface area contributed by atoms with Crippen molar-refractivity contribution in [3.63, 3.8) is 0 Å². The van der Waals surface area contributed by atoms with E-state index in [-0.39, 0.29) is 0 Å². The van der Waals surface area contributed by atoms with E-state index >= 15 is 0 Å². The summed E-state index contributed by atoms with van der Waals surface area (Å²) < 4.78 is 41.6. The maximum atomic E-state index is 12.3. The van der Waals surface area contributed by atoms with Crippen LogP contribution in [-0.4, -0.2) is 43.2 Å². The molecule has 1 heterocycles. The molecule has 1 aliphatic rings. The molecule has 0 aromatic heterocycles. The van der Waals surface area contributed by atoms with Crippen LogP contribution in [0.5, 0.6) is 0 Å². The molecular weight excluding hydrogens is 187 g/mol. The van der Waals surface area contributed by atoms with Gasteiger partial charge in [0.1, 0.15) is 0 Å². The smallest absolute Gasteiger partial charge is 0.380 e. The van der Waals surface area contributed by atoms with Crippen molar-refractivity contribution in [2.45, 2.75) is 24.3 Å². The van der Waals surface area contributed by atoms with E-state index in [1.165, 1.54) is 7.11 Å². The molecule has 1 fully saturated rings. The summed E-state index contributed by atoms with van der Waals surface area (Å²) in [6, 6.07) is 0. The van der Waals surface area contributed by atoms with Gasteiger partial charge in [0, 0.05) is 26.6 Å². The van der Waals surface area contributed by atoms with Crippen molar-refractivity contribution in [2.75, 3.05) is 20.2 Å². The average Bonchev–Trinajstić information content (AvgIpc) is 2.02. The van der Waals surface area contributed by atoms with E-state index in [2.05, 4.69) is 5.32 Å². The van der Waals surface area contributed by atoms with Crippen LogP contribution in [0.3, 0.4) is 0 Å². The van der Waals surface area contributed by atoms with Gasteiger partial charge in [-0.3, -0.25) is 0 Å². The largest absolute Gasteiger partial charge is 0.418 e. The number of aliphatic hydroxyl groups is 1. The van der Waals surface area contributed by atoms with Crippen LogP contribution < -0.4 is 5.32 Å². The molecule has 2 N–H and O–H groups in total. The van der Waals surface area contributed by atoms with E-state index in [4.69, 9.17) is 4.74 Å². The molecule has 0 aromatic rings. The molecule has 0 unspecified atom stereocenters. The van der Waals surface area contributed by atoms with Gasteiger partial charge in [-0.2, -0.15) is 13.2 Å². The molecule has 0 aliphatic carbocycles. The Bertz CT molecular complexity index is 185. The summed E-state index contributed by atoms with van der Waals surface area (Å²) in [7, 11) is 1.33. The van der Waals surface area contributed by atoms with E-state index in [0.717, 1.165) is 0 Å². The summed E-state index contributed by atoms with van der Waals surface area (Å²) in [4.78, 5) is 0. The van der Waals surface area contributed by atoms with E-state index in [0.29, 0.717) is 6.54 Å². The quantitative estimate of drug-likeness (QED) is 0.637. The fraction of sp³-hybridized carbons (Fsp3) is 1.00. The SMILES string of the molecule is CO[C@@H]1CNC[C@@](O)(C(F)(F)F)C1. The number of methoxy groups -OCH3 is 1. The van der Waals surface area contributed by atoms with Crippen LogP contribution in [0.2, 0.25) is 0 Å². The zero-order chi connectivity index (χ0) is 10.1. The molecule has 13 heavy (non-hydrogen) atoms. The molecule has 1 saturated heterocycles. The highest BCUT2D eigenvalue weighted by molar-refractivity contribution is 4.95. The maximum absolute atomic E-state index is 12.3. The third kappa shape index (κ3) is 2.12. The summed E-state index contributed by atoms with van der Waals surface area (Å²) in [6.45, 7) is -0.120. The molecule has 78 valence electrons. The molecule has 0 spiro atoms. The number of ether oxygens (including phenoxy) is 1. The lowest BCUT2D eigenvalue weighted by Gasteiger charge is -2.37. The van der Waals surface area contributed by atoms with Crippen LogP contribution in [0.1, 0.15) is 6.42 Å². The predicted molar refractivity (Wildman–Crippen MR) is 39.3 cm³/mol. The molecule has 3 nitrogen and oxygen atoms in total. The van der Waals surface area contributed by atoms with Gasteiger partial charge < -0.3 is 15.2 Å². The molecule has 0 aromatic carbocycles. The van der Waals surface area contributed by atoms with Crippen molar-refractivity contribution in [3.05, 3.63) is 0 Å². The van der Waals surface area contributed by atoms with Crippen molar-refractivity contribution in [1.29, 1.82) is 0 Å². The number of hydrogen-bond acceptors (Lipinski definition) is 3. The lowest BCUT2D eigenvalue weighted by atomic mass is 9.92. The molecule has 1 aliphatic heterocycles. The van der Waals surface area contributed by atoms with Gasteiger partial charge in [-0.25, -0.2) is 0 Å². The highest BCUT2D eigenvalue weighted by Crippen LogP contribution is 2.35. The fourth-order valence-electron chi connectivity index (χ4n) is 1.34. The topological polar surface area (TPSA) is 41.5 Å². The number of rotatable bonds is 1. The highest BCUT2D eigenvalue weighted by Gasteiger charge is 2.55. The van der Waals surface area contributed by atoms with Gasteiger partial charge in [0.05, 0.1) is 6.10 Å². The standard InChI is InChI=1S/C7H12F3NO2/c1-13-5-2-6(12,4-11-3-5)7(8,9)10/h5,11-12H,2-4H2,1H3/t5-,6+/m0/s1. The third-order valence-corrected chi connectivity index (χ3v) is 2.22. The second-order valence-corrected chi connectivity index (χ2v) is 3.22. The van der Waals surface area contributed by atoms with Crippen LogP contribution >= 0.6 is 0 Å². The van der Waals surface area contributed by atoms with Crippen molar-refractivity contribution < 1.29 is 23.0 Å². The Hall–Kier alpha value is -0.330. The molecule has 6 heteroatoms. The minimum atomic E-state index is -4.60. The predicted octanol–water partition coefficient (Wildman–Crippen LogP) is 0.288. The van der Waals surface area contributed by atoms with Crippen LogP contribution in [0.25, 0.3) is 0 Å². The Morgan fingerprint density at radius 2 is 2.15 bits per heavy atom. The van der Waals surface area contributed by atoms with Crippen molar-refractivity contribution >= 4 is 0 Å². The Labute approximate surface area is 73.9 Å². The molecule has 2 atom stereocenters. The van der Waals surface area contributed by atoms with Gasteiger partial charge in [-0.1, -0.05) is 0 Å². The van der Waals surface area contributed by atoms with Crippen LogP contribution in [0.4, 0.5) is 13.2 Å². The van der Waals surface area contributed by atoms with Gasteiger partial charge in [0.25, 0.3) is 0 Å². The van der Waals surface area contributed by atoms with Crippen LogP contribution in [-0.2, 0) is 4.74 Å². The van der Waals surface area contributed by atoms with Gasteiger partial charge in [0.2, 0.25) is 0 Å². The lowest BCUT2D eigenvalue weighted by molar-refractivity contribution is -0.272. The first-order valence-corrected chi connectivity index (χ1v) is 3.92. The van der Waals surface area contributed by atoms with E-state index in [9.17, 15) is 18.3 Å². The number of β-amino-alcohol motifs (C(OH)–C–C–N with tert-alkyl or cyclic N) is 1. The summed E-state index contributed by atoms with van der Waals surface area (Å²) in [5, 5.41) is 11.7. The minimum absolute atomic E-state index is 0.342. The summed E-state index contributed by atoms with van der Waals surface area (Å²) >= 11 is 0. The second-order valence-electron chi connectivity index (χ2n) is 3.22. The molecule has 0 bridgehead atoms. The molecule has 0 saturated carbocycles. The third-order valence-electron chi connectivity index (χ3n) is 2.22. The number of hydrogen-bond donors (Lipinski definition) is 2. The van der Waals surface area contributed by atoms with E-state index in [1.807, 2.05) is 0 Å². The highest BCUT2D eigenvalue weighted by atomic mass is 19.4. The van der Waals surface area contributed by atoms with Gasteiger partial charge in [0.15, 0.2) is 5.60 Å². The van der Waals surface area contributed by atoms with Crippen molar-refractivity contribution in [3.8, 4) is 0 Å². The zero-order valence-electron chi connectivity index (χ0n) is 7.19. The Morgan fingerprint density at radius 3 is 2.62 bits per heavy atom. The van der Waals surface area contributed by atoms with Crippen molar-refractivity contribution in [2.24, 2.45) is 0 Å². The number of alkyl halides is 3. The van der Waals surface area contributed by atoms with Crippen molar-refractivity contribution in [1.82, 2.24) is 5.32 Å². The summed E-state index contributed by atoms with van der Waals surface area (Å²) in [5.74, 6) is 0. The van der Waals surface area contributed by atoms with Gasteiger partial charge >= 0.3 is 6.18 Å². The second kappa shape index (κ2) is 3.43. The first-order valence-electron chi connectivity index (χ1n) is 3.92. The minimum Gasteiger partial charge on any atom is -0.380 e. The summed E-state index contributed by atoms with van der Waals surface area (Å²) in [5.41, 5.74) is -2.65. The molecule has 0 amide bonds. The normalized spacial score (nSPS) is 36.2. The van der Waals surface area contributed by atoms with Gasteiger partial charge in [-0.15, -0.1) is 0 Å². The number of piperidine rings is 1. The first kappa shape index (κ1) is 10.7. The van der Waals surface area contributed by atoms with Gasteiger partial charge in [-0.05, 0) is 0 Å². The average molecular weight is 199 g/mol. The molecule has 1 rings (SSSR count). The van der Waals surface area contributed by atoms with E-state index in [1.54, 1.807) is 0 Å². The van der Waals surface area contributed by atoms with E-state index < -0.39 is 30.8 Å². The monoisotopic (exact) mass is 199 g/mol. The fourth-order valence-corrected chi connectivity index (χ4v) is 1.34. The number of nitrogens with one attached hydrogen (secondary N) is 1. The summed E-state index contributed by atoms with van der Waals surface area (Å²) in [6.07, 6.45) is -5.59. The van der Waals surface area contributed by atoms with Crippen LogP contribution in [0.15, 0.2) is 0 Å². The molecule has 0 radical (unpaired) electrons. The zero-order valence-corrected chi connectivity index (χ0v) is 7.19. The van der Waals surface area contributed by atoms with Crippen LogP contribution in [0, 0.1) is 0 Å². The Kier molecular flexibility index (Phi) is 2.84. The molecular formula is C7H12F3NO2. The Balaban J connectivity index is 2.68. The first-order chi connectivity index (χ1) is 5.89.